The lowest BCUT2D eigenvalue weighted by atomic mass is 10.0. The highest BCUT2D eigenvalue weighted by atomic mass is 32.1. The molecule has 0 N–H and O–H groups in total. The van der Waals surface area contributed by atoms with E-state index in [1.807, 2.05) is 30.3 Å². The molecule has 0 unspecified atom stereocenters. The number of Topliss-reactive ketones (excluding diaryl/α,β-unsaturated/α-hetero) is 1. The van der Waals surface area contributed by atoms with Crippen molar-refractivity contribution in [3.63, 3.8) is 0 Å². The van der Waals surface area contributed by atoms with Crippen LogP contribution in [0.1, 0.15) is 45.1 Å². The van der Waals surface area contributed by atoms with Gasteiger partial charge in [-0.2, -0.15) is 0 Å². The van der Waals surface area contributed by atoms with Gasteiger partial charge in [-0.1, -0.05) is 37.3 Å². The summed E-state index contributed by atoms with van der Waals surface area (Å²) >= 11 is 1.22. The largest absolute Gasteiger partial charge is 0.450 e. The van der Waals surface area contributed by atoms with E-state index in [0.29, 0.717) is 26.8 Å². The Kier molecular flexibility index (Phi) is 5.76. The van der Waals surface area contributed by atoms with Crippen LogP contribution in [0.5, 0.6) is 0 Å². The van der Waals surface area contributed by atoms with Gasteiger partial charge in [-0.05, 0) is 38.0 Å². The standard InChI is InChI=1S/C21H20N2O3S/c1-4-15-8-10-16(11-9-15)18(24)14(3)26-21(25)19-13(2)23-20(27-19)17-7-5-6-12-22-17/h5-12,14H,4H2,1-3H3/t14-/m0/s1. The molecule has 0 aliphatic rings. The number of aromatic nitrogens is 2. The zero-order valence-corrected chi connectivity index (χ0v) is 16.2. The molecule has 1 atom stereocenters. The monoisotopic (exact) mass is 380 g/mol. The van der Waals surface area contributed by atoms with Crippen LogP contribution < -0.4 is 0 Å². The molecule has 3 rings (SSSR count). The minimum atomic E-state index is -0.871. The smallest absolute Gasteiger partial charge is 0.350 e. The zero-order chi connectivity index (χ0) is 19.4. The number of ketones is 1. The second-order valence-corrected chi connectivity index (χ2v) is 7.11. The first-order chi connectivity index (χ1) is 13.0. The van der Waals surface area contributed by atoms with Crippen molar-refractivity contribution in [1.29, 1.82) is 0 Å². The Hall–Kier alpha value is -2.86. The van der Waals surface area contributed by atoms with Gasteiger partial charge in [0, 0.05) is 11.8 Å². The van der Waals surface area contributed by atoms with Crippen molar-refractivity contribution in [2.75, 3.05) is 0 Å². The number of aryl methyl sites for hydroxylation is 2. The van der Waals surface area contributed by atoms with Crippen LogP contribution in [-0.4, -0.2) is 27.8 Å². The highest BCUT2D eigenvalue weighted by molar-refractivity contribution is 7.17. The average molecular weight is 380 g/mol. The maximum absolute atomic E-state index is 12.5. The summed E-state index contributed by atoms with van der Waals surface area (Å²) in [4.78, 5) is 34.1. The van der Waals surface area contributed by atoms with E-state index in [-0.39, 0.29) is 5.78 Å². The van der Waals surface area contributed by atoms with Crippen LogP contribution in [0.2, 0.25) is 0 Å². The predicted octanol–water partition coefficient (Wildman–Crippen LogP) is 4.50. The Labute approximate surface area is 162 Å². The Balaban J connectivity index is 1.72. The SMILES string of the molecule is CCc1ccc(C(=O)[C@H](C)OC(=O)c2sc(-c3ccccn3)nc2C)cc1. The summed E-state index contributed by atoms with van der Waals surface area (Å²) < 4.78 is 5.40. The lowest BCUT2D eigenvalue weighted by molar-refractivity contribution is 0.0322. The lowest BCUT2D eigenvalue weighted by Gasteiger charge is -2.12. The van der Waals surface area contributed by atoms with Crippen molar-refractivity contribution in [2.45, 2.75) is 33.3 Å². The molecular formula is C21H20N2O3S. The number of ether oxygens (including phenoxy) is 1. The molecule has 0 amide bonds. The Bertz CT molecular complexity index is 949. The minimum absolute atomic E-state index is 0.224. The van der Waals surface area contributed by atoms with Crippen molar-refractivity contribution in [3.8, 4) is 10.7 Å². The third-order valence-electron chi connectivity index (χ3n) is 4.17. The molecule has 6 heteroatoms. The van der Waals surface area contributed by atoms with Crippen LogP contribution in [-0.2, 0) is 11.2 Å². The van der Waals surface area contributed by atoms with Crippen molar-refractivity contribution in [3.05, 3.63) is 70.4 Å². The number of thiazole rings is 1. The third-order valence-corrected chi connectivity index (χ3v) is 5.33. The number of hydrogen-bond donors (Lipinski definition) is 0. The van der Waals surface area contributed by atoms with Crippen LogP contribution in [0.25, 0.3) is 10.7 Å². The van der Waals surface area contributed by atoms with Gasteiger partial charge in [0.15, 0.2) is 6.10 Å². The van der Waals surface area contributed by atoms with E-state index in [1.165, 1.54) is 11.3 Å². The van der Waals surface area contributed by atoms with Gasteiger partial charge in [0.1, 0.15) is 9.88 Å². The number of pyridine rings is 1. The average Bonchev–Trinajstić information content (AvgIpc) is 3.10. The van der Waals surface area contributed by atoms with Crippen molar-refractivity contribution < 1.29 is 14.3 Å². The van der Waals surface area contributed by atoms with E-state index < -0.39 is 12.1 Å². The molecule has 0 radical (unpaired) electrons. The van der Waals surface area contributed by atoms with Gasteiger partial charge in [0.05, 0.1) is 11.4 Å². The van der Waals surface area contributed by atoms with Crippen molar-refractivity contribution in [2.24, 2.45) is 0 Å². The first-order valence-corrected chi connectivity index (χ1v) is 9.54. The number of benzene rings is 1. The molecule has 0 fully saturated rings. The number of hydrogen-bond acceptors (Lipinski definition) is 6. The maximum atomic E-state index is 12.5. The van der Waals surface area contributed by atoms with Gasteiger partial charge in [-0.25, -0.2) is 9.78 Å². The molecule has 0 spiro atoms. The lowest BCUT2D eigenvalue weighted by Crippen LogP contribution is -2.24. The first-order valence-electron chi connectivity index (χ1n) is 8.72. The number of esters is 1. The van der Waals surface area contributed by atoms with Gasteiger partial charge < -0.3 is 4.74 Å². The molecule has 0 aliphatic carbocycles. The highest BCUT2D eigenvalue weighted by Crippen LogP contribution is 2.27. The van der Waals surface area contributed by atoms with Gasteiger partial charge in [-0.15, -0.1) is 11.3 Å². The molecule has 0 bridgehead atoms. The normalized spacial score (nSPS) is 11.8. The summed E-state index contributed by atoms with van der Waals surface area (Å²) in [6, 6.07) is 12.9. The summed E-state index contributed by atoms with van der Waals surface area (Å²) in [6.07, 6.45) is 1.71. The van der Waals surface area contributed by atoms with E-state index >= 15 is 0 Å². The molecular weight excluding hydrogens is 360 g/mol. The Morgan fingerprint density at radius 1 is 1.15 bits per heavy atom. The topological polar surface area (TPSA) is 69.2 Å². The number of rotatable bonds is 6. The molecule has 2 aromatic heterocycles. The van der Waals surface area contributed by atoms with Crippen LogP contribution in [0, 0.1) is 6.92 Å². The van der Waals surface area contributed by atoms with Crippen molar-refractivity contribution in [1.82, 2.24) is 9.97 Å². The molecule has 0 saturated heterocycles. The van der Waals surface area contributed by atoms with Crippen LogP contribution in [0.3, 0.4) is 0 Å². The third kappa shape index (κ3) is 4.28. The zero-order valence-electron chi connectivity index (χ0n) is 15.4. The summed E-state index contributed by atoms with van der Waals surface area (Å²) in [5.41, 5.74) is 2.95. The molecule has 0 aliphatic heterocycles. The highest BCUT2D eigenvalue weighted by Gasteiger charge is 2.24. The van der Waals surface area contributed by atoms with Crippen LogP contribution in [0.15, 0.2) is 48.7 Å². The predicted molar refractivity (Wildman–Crippen MR) is 105 cm³/mol. The molecule has 2 heterocycles. The second-order valence-electron chi connectivity index (χ2n) is 6.11. The van der Waals surface area contributed by atoms with E-state index in [1.54, 1.807) is 32.2 Å². The number of carbonyl (C=O) groups excluding carboxylic acids is 2. The van der Waals surface area contributed by atoms with Gasteiger partial charge in [-0.3, -0.25) is 9.78 Å². The Morgan fingerprint density at radius 2 is 1.89 bits per heavy atom. The summed E-state index contributed by atoms with van der Waals surface area (Å²) in [7, 11) is 0. The molecule has 3 aromatic rings. The van der Waals surface area contributed by atoms with E-state index in [0.717, 1.165) is 12.0 Å². The second kappa shape index (κ2) is 8.22. The fourth-order valence-electron chi connectivity index (χ4n) is 2.59. The van der Waals surface area contributed by atoms with E-state index in [4.69, 9.17) is 4.74 Å². The quantitative estimate of drug-likeness (QED) is 0.465. The van der Waals surface area contributed by atoms with Gasteiger partial charge in [0.25, 0.3) is 0 Å². The molecule has 1 aromatic carbocycles. The van der Waals surface area contributed by atoms with Crippen LogP contribution in [0.4, 0.5) is 0 Å². The fraction of sp³-hybridized carbons (Fsp3) is 0.238. The summed E-state index contributed by atoms with van der Waals surface area (Å²) in [5, 5.41) is 0.647. The van der Waals surface area contributed by atoms with Gasteiger partial charge >= 0.3 is 5.97 Å². The van der Waals surface area contributed by atoms with E-state index in [9.17, 15) is 9.59 Å². The summed E-state index contributed by atoms with van der Waals surface area (Å²) in [6.45, 7) is 5.39. The fourth-order valence-corrected chi connectivity index (χ4v) is 3.52. The van der Waals surface area contributed by atoms with Crippen molar-refractivity contribution >= 4 is 23.1 Å². The maximum Gasteiger partial charge on any atom is 0.350 e. The van der Waals surface area contributed by atoms with Crippen LogP contribution >= 0.6 is 11.3 Å². The van der Waals surface area contributed by atoms with Gasteiger partial charge in [0.2, 0.25) is 5.78 Å². The number of carbonyl (C=O) groups is 2. The molecule has 5 nitrogen and oxygen atoms in total. The molecule has 138 valence electrons. The number of nitrogens with zero attached hydrogens (tertiary/aromatic N) is 2. The summed E-state index contributed by atoms with van der Waals surface area (Å²) in [5.74, 6) is -0.767. The molecule has 0 saturated carbocycles. The first kappa shape index (κ1) is 18.9. The minimum Gasteiger partial charge on any atom is -0.450 e. The molecule has 27 heavy (non-hydrogen) atoms. The van der Waals surface area contributed by atoms with E-state index in [2.05, 4.69) is 16.9 Å². The Morgan fingerprint density at radius 3 is 2.52 bits per heavy atom.